The van der Waals surface area contributed by atoms with E-state index in [4.69, 9.17) is 4.74 Å². The predicted octanol–water partition coefficient (Wildman–Crippen LogP) is 6.49. The van der Waals surface area contributed by atoms with Crippen molar-refractivity contribution in [3.05, 3.63) is 108 Å². The van der Waals surface area contributed by atoms with Crippen molar-refractivity contribution in [3.8, 4) is 5.75 Å². The molecule has 0 saturated carbocycles. The van der Waals surface area contributed by atoms with E-state index in [1.54, 1.807) is 37.1 Å². The summed E-state index contributed by atoms with van der Waals surface area (Å²) >= 11 is 3.17. The minimum Gasteiger partial charge on any atom is -0.497 e. The molecule has 174 valence electrons. The van der Waals surface area contributed by atoms with Gasteiger partial charge in [0.15, 0.2) is 0 Å². The summed E-state index contributed by atoms with van der Waals surface area (Å²) in [6, 6.07) is 28.9. The van der Waals surface area contributed by atoms with Gasteiger partial charge in [-0.1, -0.05) is 47.8 Å². The number of amides is 2. The van der Waals surface area contributed by atoms with Gasteiger partial charge in [0.05, 0.1) is 18.4 Å². The van der Waals surface area contributed by atoms with Gasteiger partial charge >= 0.3 is 0 Å². The van der Waals surface area contributed by atoms with Crippen LogP contribution >= 0.6 is 23.5 Å². The molecule has 0 spiro atoms. The minimum absolute atomic E-state index is 0.171. The van der Waals surface area contributed by atoms with Crippen LogP contribution in [0.15, 0.2) is 111 Å². The van der Waals surface area contributed by atoms with E-state index in [0.29, 0.717) is 23.4 Å². The highest BCUT2D eigenvalue weighted by atomic mass is 32.2. The van der Waals surface area contributed by atoms with Crippen molar-refractivity contribution in [1.29, 1.82) is 0 Å². The number of carbonyl (C=O) groups excluding carboxylic acids is 2. The van der Waals surface area contributed by atoms with E-state index in [1.165, 1.54) is 11.8 Å². The van der Waals surface area contributed by atoms with Gasteiger partial charge in [-0.3, -0.25) is 9.59 Å². The summed E-state index contributed by atoms with van der Waals surface area (Å²) in [6.07, 6.45) is 0. The lowest BCUT2D eigenvalue weighted by molar-refractivity contribution is 0.0949. The van der Waals surface area contributed by atoms with Crippen LogP contribution in [0.25, 0.3) is 0 Å². The fraction of sp³-hybridized carbons (Fsp3) is 0.0714. The monoisotopic (exact) mass is 498 g/mol. The number of methoxy groups -OCH3 is 1. The van der Waals surface area contributed by atoms with Gasteiger partial charge in [0.25, 0.3) is 11.8 Å². The van der Waals surface area contributed by atoms with Crippen molar-refractivity contribution in [3.63, 3.8) is 0 Å². The zero-order valence-electron chi connectivity index (χ0n) is 18.9. The molecule has 0 aromatic heterocycles. The molecular formula is C28H22N2O3S2. The number of benzene rings is 4. The Morgan fingerprint density at radius 1 is 0.914 bits per heavy atom. The molecule has 0 radical (unpaired) electrons. The highest BCUT2D eigenvalue weighted by molar-refractivity contribution is 7.99. The van der Waals surface area contributed by atoms with Crippen molar-refractivity contribution in [2.75, 3.05) is 12.4 Å². The number of carbonyl (C=O) groups is 2. The van der Waals surface area contributed by atoms with Crippen molar-refractivity contribution in [2.24, 2.45) is 0 Å². The summed E-state index contributed by atoms with van der Waals surface area (Å²) in [4.78, 5) is 29.5. The lowest BCUT2D eigenvalue weighted by Crippen LogP contribution is -2.23. The Hall–Kier alpha value is -3.68. The van der Waals surface area contributed by atoms with E-state index in [0.717, 1.165) is 30.9 Å². The maximum atomic E-state index is 12.9. The van der Waals surface area contributed by atoms with Crippen molar-refractivity contribution < 1.29 is 14.3 Å². The number of rotatable bonds is 6. The quantitative estimate of drug-likeness (QED) is 0.318. The molecular weight excluding hydrogens is 476 g/mol. The van der Waals surface area contributed by atoms with E-state index in [1.807, 2.05) is 66.7 Å². The number of fused-ring (bicyclic) bond motifs is 2. The van der Waals surface area contributed by atoms with E-state index < -0.39 is 0 Å². The fourth-order valence-corrected chi connectivity index (χ4v) is 5.60. The van der Waals surface area contributed by atoms with Crippen LogP contribution in [-0.2, 0) is 6.54 Å². The van der Waals surface area contributed by atoms with E-state index >= 15 is 0 Å². The maximum Gasteiger partial charge on any atom is 0.256 e. The normalized spacial score (nSPS) is 12.1. The molecule has 1 heterocycles. The van der Waals surface area contributed by atoms with Gasteiger partial charge in [0.2, 0.25) is 0 Å². The Bertz CT molecular complexity index is 1400. The van der Waals surface area contributed by atoms with E-state index in [2.05, 4.69) is 16.7 Å². The third-order valence-electron chi connectivity index (χ3n) is 5.49. The van der Waals surface area contributed by atoms with Gasteiger partial charge in [0.1, 0.15) is 5.75 Å². The highest BCUT2D eigenvalue weighted by Crippen LogP contribution is 2.39. The number of ether oxygens (including phenoxy) is 1. The first-order valence-electron chi connectivity index (χ1n) is 11.0. The molecule has 5 rings (SSSR count). The number of hydrogen-bond acceptors (Lipinski definition) is 5. The Balaban J connectivity index is 1.25. The van der Waals surface area contributed by atoms with Crippen molar-refractivity contribution in [2.45, 2.75) is 26.1 Å². The van der Waals surface area contributed by atoms with Crippen molar-refractivity contribution >= 4 is 41.0 Å². The smallest absolute Gasteiger partial charge is 0.256 e. The Morgan fingerprint density at radius 3 is 2.57 bits per heavy atom. The van der Waals surface area contributed by atoms with Crippen LogP contribution in [0, 0.1) is 0 Å². The molecule has 5 nitrogen and oxygen atoms in total. The average Bonchev–Trinajstić information content (AvgIpc) is 3.03. The molecule has 0 bridgehead atoms. The molecule has 4 aromatic carbocycles. The maximum absolute atomic E-state index is 12.9. The third-order valence-corrected chi connectivity index (χ3v) is 7.64. The summed E-state index contributed by atoms with van der Waals surface area (Å²) in [5, 5.41) is 5.92. The summed E-state index contributed by atoms with van der Waals surface area (Å²) in [5.74, 6) is 0.462. The summed E-state index contributed by atoms with van der Waals surface area (Å²) < 4.78 is 5.21. The van der Waals surface area contributed by atoms with Crippen LogP contribution in [0.2, 0.25) is 0 Å². The molecule has 2 amide bonds. The molecule has 1 aliphatic rings. The first-order chi connectivity index (χ1) is 17.1. The first-order valence-corrected chi connectivity index (χ1v) is 12.6. The second-order valence-corrected chi connectivity index (χ2v) is 10.1. The third kappa shape index (κ3) is 5.37. The van der Waals surface area contributed by atoms with Crippen LogP contribution in [-0.4, -0.2) is 18.9 Å². The summed E-state index contributed by atoms with van der Waals surface area (Å²) in [5.41, 5.74) is 2.78. The minimum atomic E-state index is -0.193. The van der Waals surface area contributed by atoms with Crippen LogP contribution < -0.4 is 15.4 Å². The van der Waals surface area contributed by atoms with Gasteiger partial charge in [0, 0.05) is 31.7 Å². The summed E-state index contributed by atoms with van der Waals surface area (Å²) in [7, 11) is 1.65. The van der Waals surface area contributed by atoms with Gasteiger partial charge in [-0.05, 0) is 72.3 Å². The molecule has 4 aromatic rings. The molecule has 1 aliphatic heterocycles. The molecule has 0 aliphatic carbocycles. The van der Waals surface area contributed by atoms with Crippen LogP contribution in [0.5, 0.6) is 5.75 Å². The fourth-order valence-electron chi connectivity index (χ4n) is 3.69. The van der Waals surface area contributed by atoms with Crippen molar-refractivity contribution in [1.82, 2.24) is 5.32 Å². The lowest BCUT2D eigenvalue weighted by atomic mass is 10.1. The summed E-state index contributed by atoms with van der Waals surface area (Å²) in [6.45, 7) is 0.402. The van der Waals surface area contributed by atoms with Crippen LogP contribution in [0.1, 0.15) is 26.3 Å². The second kappa shape index (κ2) is 10.3. The standard InChI is InChI=1S/C28H22N2O3S2/c1-33-20-10-12-21(13-11-20)34-22-6-4-5-18(15-22)17-29-27(31)19-9-14-26-24(16-19)30-28(32)23-7-2-3-8-25(23)35-26/h2-16H,17H2,1H3,(H,29,31)(H,30,32). The zero-order chi connectivity index (χ0) is 24.2. The van der Waals surface area contributed by atoms with Crippen LogP contribution in [0.3, 0.4) is 0 Å². The second-order valence-electron chi connectivity index (χ2n) is 7.87. The van der Waals surface area contributed by atoms with Gasteiger partial charge in [-0.15, -0.1) is 0 Å². The predicted molar refractivity (Wildman–Crippen MR) is 140 cm³/mol. The molecule has 0 fully saturated rings. The Morgan fingerprint density at radius 2 is 1.74 bits per heavy atom. The molecule has 35 heavy (non-hydrogen) atoms. The molecule has 7 heteroatoms. The number of nitrogens with one attached hydrogen (secondary N) is 2. The van der Waals surface area contributed by atoms with E-state index in [9.17, 15) is 9.59 Å². The molecule has 0 unspecified atom stereocenters. The number of anilines is 1. The lowest BCUT2D eigenvalue weighted by Gasteiger charge is -2.10. The van der Waals surface area contributed by atoms with Gasteiger partial charge in [-0.2, -0.15) is 0 Å². The van der Waals surface area contributed by atoms with Gasteiger partial charge in [-0.25, -0.2) is 0 Å². The van der Waals surface area contributed by atoms with Crippen LogP contribution in [0.4, 0.5) is 5.69 Å². The van der Waals surface area contributed by atoms with E-state index in [-0.39, 0.29) is 11.8 Å². The first kappa shape index (κ1) is 23.1. The highest BCUT2D eigenvalue weighted by Gasteiger charge is 2.20. The van der Waals surface area contributed by atoms with Gasteiger partial charge < -0.3 is 15.4 Å². The Kier molecular flexibility index (Phi) is 6.79. The molecule has 0 saturated heterocycles. The largest absolute Gasteiger partial charge is 0.497 e. The molecule has 2 N–H and O–H groups in total. The topological polar surface area (TPSA) is 67.4 Å². The molecule has 0 atom stereocenters. The zero-order valence-corrected chi connectivity index (χ0v) is 20.5. The Labute approximate surface area is 212 Å². The average molecular weight is 499 g/mol. The SMILES string of the molecule is COc1ccc(Sc2cccc(CNC(=O)c3ccc4c(c3)NC(=O)c3ccccc3S4)c2)cc1. The number of hydrogen-bond donors (Lipinski definition) is 2.